The highest BCUT2D eigenvalue weighted by Crippen LogP contribution is 2.22. The number of anilines is 2. The Balaban J connectivity index is 1.54. The summed E-state index contributed by atoms with van der Waals surface area (Å²) in [5.41, 5.74) is 3.24. The second kappa shape index (κ2) is 7.20. The lowest BCUT2D eigenvalue weighted by Gasteiger charge is -2.08. The fourth-order valence-electron chi connectivity index (χ4n) is 2.64. The van der Waals surface area contributed by atoms with Crippen molar-refractivity contribution >= 4 is 21.5 Å². The maximum Gasteiger partial charge on any atom is 0.227 e. The number of hydrogen-bond donors (Lipinski definition) is 2. The summed E-state index contributed by atoms with van der Waals surface area (Å²) in [7, 11) is -3.23. The van der Waals surface area contributed by atoms with Crippen molar-refractivity contribution in [1.82, 2.24) is 25.1 Å². The zero-order valence-corrected chi connectivity index (χ0v) is 15.7. The van der Waals surface area contributed by atoms with E-state index in [2.05, 4.69) is 30.5 Å². The first-order valence-corrected chi connectivity index (χ1v) is 10.2. The molecular formula is C19H16N6O2S. The first-order valence-electron chi connectivity index (χ1n) is 8.35. The molecule has 0 saturated carbocycles. The molecule has 0 aliphatic carbocycles. The summed E-state index contributed by atoms with van der Waals surface area (Å²) in [5.74, 6) is 1.14. The van der Waals surface area contributed by atoms with Gasteiger partial charge in [-0.2, -0.15) is 5.10 Å². The Hall–Kier alpha value is -3.59. The summed E-state index contributed by atoms with van der Waals surface area (Å²) in [6.45, 7) is 0. The van der Waals surface area contributed by atoms with E-state index in [1.807, 2.05) is 24.3 Å². The first kappa shape index (κ1) is 17.8. The van der Waals surface area contributed by atoms with Gasteiger partial charge in [0.1, 0.15) is 6.33 Å². The number of hydrogen-bond acceptors (Lipinski definition) is 7. The zero-order valence-electron chi connectivity index (χ0n) is 14.9. The standard InChI is InChI=1S/C19H16N6O2S/c1-28(26,27)16-8-4-13(5-9-16)17-10-11-20-19(24-17)23-15-6-2-14(3-7-15)18-21-12-22-25-18/h2-12H,1H3,(H,20,23,24)(H,21,22,25). The van der Waals surface area contributed by atoms with Crippen LogP contribution in [-0.4, -0.2) is 39.8 Å². The van der Waals surface area contributed by atoms with E-state index in [1.165, 1.54) is 12.6 Å². The highest BCUT2D eigenvalue weighted by molar-refractivity contribution is 7.90. The summed E-state index contributed by atoms with van der Waals surface area (Å²) in [6, 6.07) is 16.0. The molecule has 4 rings (SSSR count). The minimum Gasteiger partial charge on any atom is -0.324 e. The normalized spacial score (nSPS) is 11.3. The molecule has 0 atom stereocenters. The zero-order chi connectivity index (χ0) is 19.6. The van der Waals surface area contributed by atoms with Gasteiger partial charge in [0.05, 0.1) is 10.6 Å². The van der Waals surface area contributed by atoms with Gasteiger partial charge in [-0.15, -0.1) is 0 Å². The van der Waals surface area contributed by atoms with Gasteiger partial charge in [-0.25, -0.2) is 23.4 Å². The molecule has 0 unspecified atom stereocenters. The lowest BCUT2D eigenvalue weighted by molar-refractivity contribution is 0.602. The molecule has 4 aromatic rings. The van der Waals surface area contributed by atoms with Gasteiger partial charge in [0, 0.05) is 29.3 Å². The molecule has 2 aromatic heterocycles. The molecule has 2 heterocycles. The summed E-state index contributed by atoms with van der Waals surface area (Å²) in [5, 5.41) is 9.82. The molecule has 0 aliphatic rings. The van der Waals surface area contributed by atoms with Crippen LogP contribution in [0.5, 0.6) is 0 Å². The summed E-state index contributed by atoms with van der Waals surface area (Å²) >= 11 is 0. The van der Waals surface area contributed by atoms with Crippen molar-refractivity contribution < 1.29 is 8.42 Å². The second-order valence-electron chi connectivity index (χ2n) is 6.10. The molecule has 28 heavy (non-hydrogen) atoms. The van der Waals surface area contributed by atoms with Crippen molar-refractivity contribution in [3.63, 3.8) is 0 Å². The van der Waals surface area contributed by atoms with E-state index >= 15 is 0 Å². The molecule has 9 heteroatoms. The monoisotopic (exact) mass is 392 g/mol. The van der Waals surface area contributed by atoms with Crippen LogP contribution in [-0.2, 0) is 9.84 Å². The van der Waals surface area contributed by atoms with Crippen molar-refractivity contribution in [1.29, 1.82) is 0 Å². The average molecular weight is 392 g/mol. The van der Waals surface area contributed by atoms with Gasteiger partial charge in [0.2, 0.25) is 5.95 Å². The third-order valence-corrected chi connectivity index (χ3v) is 5.19. The van der Waals surface area contributed by atoms with Crippen LogP contribution in [0.4, 0.5) is 11.6 Å². The molecule has 8 nitrogen and oxygen atoms in total. The van der Waals surface area contributed by atoms with Gasteiger partial charge >= 0.3 is 0 Å². The Bertz CT molecular complexity index is 1190. The van der Waals surface area contributed by atoms with E-state index in [4.69, 9.17) is 0 Å². The fourth-order valence-corrected chi connectivity index (χ4v) is 3.27. The first-order chi connectivity index (χ1) is 13.5. The summed E-state index contributed by atoms with van der Waals surface area (Å²) in [6.07, 6.45) is 4.30. The molecule has 0 saturated heterocycles. The smallest absolute Gasteiger partial charge is 0.227 e. The fraction of sp³-hybridized carbons (Fsp3) is 0.0526. The van der Waals surface area contributed by atoms with Gasteiger partial charge in [-0.05, 0) is 42.5 Å². The SMILES string of the molecule is CS(=O)(=O)c1ccc(-c2ccnc(Nc3ccc(-c4ncn[nH]4)cc3)n2)cc1. The molecule has 140 valence electrons. The topological polar surface area (TPSA) is 114 Å². The number of H-pyrrole nitrogens is 1. The Morgan fingerprint density at radius 1 is 0.893 bits per heavy atom. The van der Waals surface area contributed by atoms with Gasteiger partial charge < -0.3 is 5.32 Å². The number of nitrogens with one attached hydrogen (secondary N) is 2. The highest BCUT2D eigenvalue weighted by atomic mass is 32.2. The number of aromatic nitrogens is 5. The Kier molecular flexibility index (Phi) is 4.58. The predicted molar refractivity (Wildman–Crippen MR) is 106 cm³/mol. The van der Waals surface area contributed by atoms with Crippen molar-refractivity contribution in [2.45, 2.75) is 4.90 Å². The Morgan fingerprint density at radius 2 is 1.61 bits per heavy atom. The molecule has 2 aromatic carbocycles. The average Bonchev–Trinajstić information content (AvgIpc) is 3.23. The number of nitrogens with zero attached hydrogens (tertiary/aromatic N) is 4. The molecular weight excluding hydrogens is 376 g/mol. The minimum absolute atomic E-state index is 0.274. The number of rotatable bonds is 5. The van der Waals surface area contributed by atoms with Crippen molar-refractivity contribution in [3.8, 4) is 22.6 Å². The van der Waals surface area contributed by atoms with Crippen LogP contribution in [0.15, 0.2) is 72.0 Å². The van der Waals surface area contributed by atoms with E-state index in [0.29, 0.717) is 17.5 Å². The van der Waals surface area contributed by atoms with Crippen molar-refractivity contribution in [2.24, 2.45) is 0 Å². The molecule has 0 bridgehead atoms. The molecule has 2 N–H and O–H groups in total. The van der Waals surface area contributed by atoms with Gasteiger partial charge in [0.25, 0.3) is 0 Å². The molecule has 0 amide bonds. The van der Waals surface area contributed by atoms with Crippen LogP contribution in [0, 0.1) is 0 Å². The van der Waals surface area contributed by atoms with E-state index in [-0.39, 0.29) is 4.90 Å². The van der Waals surface area contributed by atoms with Crippen LogP contribution < -0.4 is 5.32 Å². The lowest BCUT2D eigenvalue weighted by Crippen LogP contribution is -1.99. The predicted octanol–water partition coefficient (Wildman–Crippen LogP) is 3.08. The van der Waals surface area contributed by atoms with Crippen LogP contribution in [0.25, 0.3) is 22.6 Å². The van der Waals surface area contributed by atoms with Gasteiger partial charge in [-0.1, -0.05) is 12.1 Å². The number of sulfone groups is 1. The van der Waals surface area contributed by atoms with E-state index in [1.54, 1.807) is 36.5 Å². The molecule has 0 aliphatic heterocycles. The van der Waals surface area contributed by atoms with E-state index in [9.17, 15) is 8.42 Å². The minimum atomic E-state index is -3.23. The van der Waals surface area contributed by atoms with E-state index in [0.717, 1.165) is 16.8 Å². The molecule has 0 fully saturated rings. The highest BCUT2D eigenvalue weighted by Gasteiger charge is 2.08. The van der Waals surface area contributed by atoms with E-state index < -0.39 is 9.84 Å². The van der Waals surface area contributed by atoms with Gasteiger partial charge in [-0.3, -0.25) is 5.10 Å². The Morgan fingerprint density at radius 3 is 2.25 bits per heavy atom. The second-order valence-corrected chi connectivity index (χ2v) is 8.11. The molecule has 0 radical (unpaired) electrons. The summed E-state index contributed by atoms with van der Waals surface area (Å²) in [4.78, 5) is 13.1. The van der Waals surface area contributed by atoms with Crippen molar-refractivity contribution in [2.75, 3.05) is 11.6 Å². The largest absolute Gasteiger partial charge is 0.324 e. The lowest BCUT2D eigenvalue weighted by atomic mass is 10.1. The van der Waals surface area contributed by atoms with Crippen molar-refractivity contribution in [3.05, 3.63) is 67.1 Å². The Labute approximate surface area is 161 Å². The maximum atomic E-state index is 11.6. The van der Waals surface area contributed by atoms with Crippen LogP contribution in [0.2, 0.25) is 0 Å². The van der Waals surface area contributed by atoms with Gasteiger partial charge in [0.15, 0.2) is 15.7 Å². The third-order valence-electron chi connectivity index (χ3n) is 4.06. The number of benzene rings is 2. The van der Waals surface area contributed by atoms with Crippen LogP contribution in [0.1, 0.15) is 0 Å². The van der Waals surface area contributed by atoms with Crippen LogP contribution in [0.3, 0.4) is 0 Å². The third kappa shape index (κ3) is 3.89. The quantitative estimate of drug-likeness (QED) is 0.536. The molecule has 0 spiro atoms. The summed E-state index contributed by atoms with van der Waals surface area (Å²) < 4.78 is 23.2. The maximum absolute atomic E-state index is 11.6. The van der Waals surface area contributed by atoms with Crippen LogP contribution >= 0.6 is 0 Å². The number of aromatic amines is 1.